The van der Waals surface area contributed by atoms with Gasteiger partial charge in [0.15, 0.2) is 0 Å². The number of hydrogen-bond acceptors (Lipinski definition) is 3. The molecule has 7 heteroatoms. The molecule has 0 unspecified atom stereocenters. The number of imidazole rings is 1. The highest BCUT2D eigenvalue weighted by atomic mass is 35.5. The SMILES string of the molecule is Cl.Cl.O=C(CCn1ccnc1)NCCNC1CCCCCC1. The summed E-state index contributed by atoms with van der Waals surface area (Å²) in [5, 5.41) is 6.52. The lowest BCUT2D eigenvalue weighted by molar-refractivity contribution is -0.121. The van der Waals surface area contributed by atoms with E-state index in [4.69, 9.17) is 0 Å². The molecule has 2 N–H and O–H groups in total. The molecule has 1 fully saturated rings. The van der Waals surface area contributed by atoms with Gasteiger partial charge in [-0.1, -0.05) is 25.7 Å². The number of carbonyl (C=O) groups excluding carboxylic acids is 1. The Kier molecular flexibility index (Phi) is 12.3. The molecular formula is C15H28Cl2N4O. The van der Waals surface area contributed by atoms with Crippen LogP contribution in [0.4, 0.5) is 0 Å². The van der Waals surface area contributed by atoms with Gasteiger partial charge in [0, 0.05) is 44.5 Å². The standard InChI is InChI=1S/C15H26N4O.2ClH/c20-15(7-11-19-12-10-16-13-19)18-9-8-17-14-5-3-1-2-4-6-14;;/h10,12-14,17H,1-9,11H2,(H,18,20);2*1H. The van der Waals surface area contributed by atoms with E-state index in [-0.39, 0.29) is 30.7 Å². The number of carbonyl (C=O) groups is 1. The van der Waals surface area contributed by atoms with Gasteiger partial charge in [0.1, 0.15) is 0 Å². The van der Waals surface area contributed by atoms with Gasteiger partial charge in [-0.05, 0) is 12.8 Å². The van der Waals surface area contributed by atoms with Crippen LogP contribution in [0.5, 0.6) is 0 Å². The minimum atomic E-state index is 0. The summed E-state index contributed by atoms with van der Waals surface area (Å²) in [6, 6.07) is 0.653. The zero-order valence-corrected chi connectivity index (χ0v) is 14.6. The molecule has 1 aliphatic rings. The van der Waals surface area contributed by atoms with E-state index in [0.29, 0.717) is 19.0 Å². The second kappa shape index (κ2) is 12.7. The van der Waals surface area contributed by atoms with E-state index >= 15 is 0 Å². The van der Waals surface area contributed by atoms with Crippen LogP contribution in [-0.2, 0) is 11.3 Å². The zero-order valence-electron chi connectivity index (χ0n) is 13.0. The Hall–Kier alpha value is -0.780. The summed E-state index contributed by atoms with van der Waals surface area (Å²) in [4.78, 5) is 15.6. The van der Waals surface area contributed by atoms with Crippen LogP contribution in [0.25, 0.3) is 0 Å². The van der Waals surface area contributed by atoms with Gasteiger partial charge in [-0.3, -0.25) is 4.79 Å². The Labute approximate surface area is 145 Å². The van der Waals surface area contributed by atoms with E-state index < -0.39 is 0 Å². The van der Waals surface area contributed by atoms with E-state index in [9.17, 15) is 4.79 Å². The van der Waals surface area contributed by atoms with Crippen LogP contribution >= 0.6 is 24.8 Å². The average Bonchev–Trinajstić information content (AvgIpc) is 2.84. The molecule has 22 heavy (non-hydrogen) atoms. The Bertz CT molecular complexity index is 379. The van der Waals surface area contributed by atoms with Crippen molar-refractivity contribution in [2.24, 2.45) is 0 Å². The van der Waals surface area contributed by atoms with Crippen LogP contribution in [0.1, 0.15) is 44.9 Å². The first-order chi connectivity index (χ1) is 9.84. The molecule has 0 atom stereocenters. The van der Waals surface area contributed by atoms with Crippen molar-refractivity contribution in [2.75, 3.05) is 13.1 Å². The maximum Gasteiger partial charge on any atom is 0.221 e. The maximum absolute atomic E-state index is 11.7. The fourth-order valence-electron chi connectivity index (χ4n) is 2.70. The highest BCUT2D eigenvalue weighted by Gasteiger charge is 2.10. The highest BCUT2D eigenvalue weighted by Crippen LogP contribution is 2.16. The van der Waals surface area contributed by atoms with Crippen LogP contribution < -0.4 is 10.6 Å². The second-order valence-corrected chi connectivity index (χ2v) is 5.54. The Morgan fingerprint density at radius 3 is 2.50 bits per heavy atom. The van der Waals surface area contributed by atoms with Gasteiger partial charge in [0.2, 0.25) is 5.91 Å². The van der Waals surface area contributed by atoms with Crippen LogP contribution in [0.15, 0.2) is 18.7 Å². The number of hydrogen-bond donors (Lipinski definition) is 2. The third-order valence-corrected chi connectivity index (χ3v) is 3.89. The van der Waals surface area contributed by atoms with Crippen molar-refractivity contribution in [3.8, 4) is 0 Å². The summed E-state index contributed by atoms with van der Waals surface area (Å²) in [5.41, 5.74) is 0. The summed E-state index contributed by atoms with van der Waals surface area (Å²) in [6.07, 6.45) is 13.9. The molecule has 1 aromatic rings. The van der Waals surface area contributed by atoms with E-state index in [0.717, 1.165) is 13.1 Å². The zero-order chi connectivity index (χ0) is 14.0. The van der Waals surface area contributed by atoms with E-state index in [1.54, 1.807) is 12.5 Å². The molecule has 0 saturated heterocycles. The van der Waals surface area contributed by atoms with Crippen molar-refractivity contribution in [3.05, 3.63) is 18.7 Å². The quantitative estimate of drug-likeness (QED) is 0.586. The fraction of sp³-hybridized carbons (Fsp3) is 0.733. The Balaban J connectivity index is 0.00000220. The predicted molar refractivity (Wildman–Crippen MR) is 93.8 cm³/mol. The van der Waals surface area contributed by atoms with Gasteiger partial charge in [-0.2, -0.15) is 0 Å². The van der Waals surface area contributed by atoms with Gasteiger partial charge in [0.05, 0.1) is 6.33 Å². The normalized spacial score (nSPS) is 15.3. The summed E-state index contributed by atoms with van der Waals surface area (Å²) in [5.74, 6) is 0.112. The van der Waals surface area contributed by atoms with Gasteiger partial charge in [0.25, 0.3) is 0 Å². The fourth-order valence-corrected chi connectivity index (χ4v) is 2.70. The Morgan fingerprint density at radius 1 is 1.14 bits per heavy atom. The van der Waals surface area contributed by atoms with Gasteiger partial charge in [-0.25, -0.2) is 4.98 Å². The van der Waals surface area contributed by atoms with Crippen molar-refractivity contribution >= 4 is 30.7 Å². The predicted octanol–water partition coefficient (Wildman–Crippen LogP) is 2.55. The lowest BCUT2D eigenvalue weighted by atomic mass is 10.1. The van der Waals surface area contributed by atoms with Crippen molar-refractivity contribution in [2.45, 2.75) is 57.5 Å². The van der Waals surface area contributed by atoms with Crippen LogP contribution in [-0.4, -0.2) is 34.6 Å². The number of nitrogens with zero attached hydrogens (tertiary/aromatic N) is 2. The van der Waals surface area contributed by atoms with Crippen molar-refractivity contribution in [1.82, 2.24) is 20.2 Å². The molecule has 1 amide bonds. The number of halogens is 2. The number of rotatable bonds is 7. The first-order valence-corrected chi connectivity index (χ1v) is 7.80. The first-order valence-electron chi connectivity index (χ1n) is 7.80. The van der Waals surface area contributed by atoms with Gasteiger partial charge >= 0.3 is 0 Å². The maximum atomic E-state index is 11.7. The Morgan fingerprint density at radius 2 is 1.86 bits per heavy atom. The summed E-state index contributed by atoms with van der Waals surface area (Å²) < 4.78 is 1.92. The molecule has 1 aromatic heterocycles. The topological polar surface area (TPSA) is 59.0 Å². The average molecular weight is 351 g/mol. The lowest BCUT2D eigenvalue weighted by Crippen LogP contribution is -2.37. The largest absolute Gasteiger partial charge is 0.355 e. The van der Waals surface area contributed by atoms with Crippen LogP contribution in [0.3, 0.4) is 0 Å². The smallest absolute Gasteiger partial charge is 0.221 e. The van der Waals surface area contributed by atoms with Gasteiger partial charge in [-0.15, -0.1) is 24.8 Å². The van der Waals surface area contributed by atoms with E-state index in [1.807, 2.05) is 10.8 Å². The summed E-state index contributed by atoms with van der Waals surface area (Å²) >= 11 is 0. The molecule has 0 aliphatic heterocycles. The number of aromatic nitrogens is 2. The molecule has 5 nitrogen and oxygen atoms in total. The van der Waals surface area contributed by atoms with Crippen molar-refractivity contribution in [1.29, 1.82) is 0 Å². The number of aryl methyl sites for hydroxylation is 1. The molecule has 0 radical (unpaired) electrons. The number of amides is 1. The molecule has 0 bridgehead atoms. The monoisotopic (exact) mass is 350 g/mol. The molecular weight excluding hydrogens is 323 g/mol. The lowest BCUT2D eigenvalue weighted by Gasteiger charge is -2.16. The van der Waals surface area contributed by atoms with Crippen LogP contribution in [0, 0.1) is 0 Å². The summed E-state index contributed by atoms with van der Waals surface area (Å²) in [6.45, 7) is 2.29. The molecule has 0 aromatic carbocycles. The molecule has 128 valence electrons. The molecule has 0 spiro atoms. The minimum Gasteiger partial charge on any atom is -0.355 e. The van der Waals surface area contributed by atoms with Gasteiger partial charge < -0.3 is 15.2 Å². The van der Waals surface area contributed by atoms with E-state index in [2.05, 4.69) is 15.6 Å². The molecule has 1 saturated carbocycles. The second-order valence-electron chi connectivity index (χ2n) is 5.54. The minimum absolute atomic E-state index is 0. The molecule has 2 rings (SSSR count). The third-order valence-electron chi connectivity index (χ3n) is 3.89. The highest BCUT2D eigenvalue weighted by molar-refractivity contribution is 5.85. The first kappa shape index (κ1) is 21.2. The third kappa shape index (κ3) is 8.61. The number of nitrogens with one attached hydrogen (secondary N) is 2. The summed E-state index contributed by atoms with van der Waals surface area (Å²) in [7, 11) is 0. The molecule has 1 aliphatic carbocycles. The van der Waals surface area contributed by atoms with Crippen molar-refractivity contribution < 1.29 is 4.79 Å². The van der Waals surface area contributed by atoms with E-state index in [1.165, 1.54) is 38.5 Å². The molecule has 1 heterocycles. The van der Waals surface area contributed by atoms with Crippen molar-refractivity contribution in [3.63, 3.8) is 0 Å². The van der Waals surface area contributed by atoms with Crippen LogP contribution in [0.2, 0.25) is 0 Å².